The van der Waals surface area contributed by atoms with Gasteiger partial charge >= 0.3 is 0 Å². The molecular weight excluding hydrogens is 336 g/mol. The van der Waals surface area contributed by atoms with Gasteiger partial charge in [0.2, 0.25) is 16.0 Å². The minimum Gasteiger partial charge on any atom is -0.348 e. The highest BCUT2D eigenvalue weighted by Crippen LogP contribution is 2.21. The molecule has 7 heteroatoms. The second kappa shape index (κ2) is 7.93. The summed E-state index contributed by atoms with van der Waals surface area (Å²) >= 11 is 0. The van der Waals surface area contributed by atoms with E-state index < -0.39 is 10.0 Å². The zero-order chi connectivity index (χ0) is 18.6. The highest BCUT2D eigenvalue weighted by Gasteiger charge is 2.21. The van der Waals surface area contributed by atoms with Crippen molar-refractivity contribution in [3.8, 4) is 0 Å². The van der Waals surface area contributed by atoms with Gasteiger partial charge < -0.3 is 5.32 Å². The summed E-state index contributed by atoms with van der Waals surface area (Å²) in [5.41, 5.74) is 2.95. The molecule has 136 valence electrons. The van der Waals surface area contributed by atoms with Crippen LogP contribution < -0.4 is 5.32 Å². The van der Waals surface area contributed by atoms with Gasteiger partial charge in [-0.1, -0.05) is 26.0 Å². The Labute approximate surface area is 150 Å². The second-order valence-electron chi connectivity index (χ2n) is 5.99. The Morgan fingerprint density at radius 1 is 1.12 bits per heavy atom. The number of nitrogens with one attached hydrogen (secondary N) is 1. The van der Waals surface area contributed by atoms with E-state index in [0.29, 0.717) is 23.9 Å². The molecule has 1 atom stereocenters. The number of aromatic nitrogens is 2. The molecule has 0 amide bonds. The van der Waals surface area contributed by atoms with Gasteiger partial charge in [-0.25, -0.2) is 18.4 Å². The summed E-state index contributed by atoms with van der Waals surface area (Å²) in [4.78, 5) is 9.01. The Bertz CT molecular complexity index is 815. The van der Waals surface area contributed by atoms with Crippen LogP contribution >= 0.6 is 0 Å². The first-order chi connectivity index (χ1) is 11.8. The maximum atomic E-state index is 12.5. The predicted molar refractivity (Wildman–Crippen MR) is 100 cm³/mol. The maximum Gasteiger partial charge on any atom is 0.243 e. The van der Waals surface area contributed by atoms with E-state index >= 15 is 0 Å². The van der Waals surface area contributed by atoms with E-state index in [-0.39, 0.29) is 6.04 Å². The van der Waals surface area contributed by atoms with E-state index in [9.17, 15) is 8.42 Å². The van der Waals surface area contributed by atoms with Gasteiger partial charge in [0.15, 0.2) is 0 Å². The molecular formula is C18H26N4O2S. The van der Waals surface area contributed by atoms with Crippen LogP contribution in [-0.2, 0) is 10.0 Å². The number of benzene rings is 1. The van der Waals surface area contributed by atoms with Gasteiger partial charge in [0.05, 0.1) is 10.9 Å². The molecule has 1 heterocycles. The second-order valence-corrected chi connectivity index (χ2v) is 7.92. The number of anilines is 1. The molecule has 0 aliphatic heterocycles. The molecule has 0 unspecified atom stereocenters. The highest BCUT2D eigenvalue weighted by atomic mass is 32.2. The van der Waals surface area contributed by atoms with Crippen LogP contribution in [0.2, 0.25) is 0 Å². The van der Waals surface area contributed by atoms with E-state index in [1.165, 1.54) is 4.31 Å². The molecule has 0 radical (unpaired) electrons. The molecule has 0 saturated heterocycles. The van der Waals surface area contributed by atoms with Crippen molar-refractivity contribution >= 4 is 16.0 Å². The van der Waals surface area contributed by atoms with Gasteiger partial charge in [-0.3, -0.25) is 0 Å². The third-order valence-corrected chi connectivity index (χ3v) is 6.36. The fraction of sp³-hybridized carbons (Fsp3) is 0.444. The lowest BCUT2D eigenvalue weighted by molar-refractivity contribution is 0.445. The summed E-state index contributed by atoms with van der Waals surface area (Å²) in [5, 5.41) is 3.25. The molecule has 0 aliphatic rings. The van der Waals surface area contributed by atoms with Gasteiger partial charge in [0, 0.05) is 25.0 Å². The number of hydrogen-bond donors (Lipinski definition) is 1. The van der Waals surface area contributed by atoms with Crippen LogP contribution in [-0.4, -0.2) is 35.8 Å². The summed E-state index contributed by atoms with van der Waals surface area (Å²) in [6.07, 6.45) is 1.79. The largest absolute Gasteiger partial charge is 0.348 e. The molecule has 1 aromatic carbocycles. The lowest BCUT2D eigenvalue weighted by atomic mass is 10.1. The molecule has 1 aromatic heterocycles. The average molecular weight is 362 g/mol. The van der Waals surface area contributed by atoms with Crippen LogP contribution in [0.3, 0.4) is 0 Å². The minimum atomic E-state index is -3.42. The first-order valence-corrected chi connectivity index (χ1v) is 9.90. The van der Waals surface area contributed by atoms with Gasteiger partial charge in [0.1, 0.15) is 0 Å². The quantitative estimate of drug-likeness (QED) is 0.818. The topological polar surface area (TPSA) is 75.2 Å². The number of rotatable bonds is 7. The Hall–Kier alpha value is -1.99. The summed E-state index contributed by atoms with van der Waals surface area (Å²) in [6, 6.07) is 6.93. The number of aryl methyl sites for hydroxylation is 2. The van der Waals surface area contributed by atoms with Crippen molar-refractivity contribution in [1.82, 2.24) is 14.3 Å². The van der Waals surface area contributed by atoms with Gasteiger partial charge in [-0.2, -0.15) is 4.31 Å². The highest BCUT2D eigenvalue weighted by molar-refractivity contribution is 7.89. The molecule has 0 spiro atoms. The predicted octanol–water partition coefficient (Wildman–Crippen LogP) is 3.30. The van der Waals surface area contributed by atoms with Crippen molar-refractivity contribution in [3.63, 3.8) is 0 Å². The van der Waals surface area contributed by atoms with E-state index in [1.54, 1.807) is 18.3 Å². The Balaban J connectivity index is 2.17. The lowest BCUT2D eigenvalue weighted by Crippen LogP contribution is -2.30. The molecule has 2 rings (SSSR count). The SMILES string of the molecule is CCN(CC)S(=O)(=O)c1ccc([C@H](C)Nc2ncc(C)c(C)n2)cc1. The fourth-order valence-corrected chi connectivity index (χ4v) is 3.97. The van der Waals surface area contributed by atoms with Crippen molar-refractivity contribution in [2.75, 3.05) is 18.4 Å². The smallest absolute Gasteiger partial charge is 0.243 e. The van der Waals surface area contributed by atoms with Crippen molar-refractivity contribution in [3.05, 3.63) is 47.3 Å². The number of sulfonamides is 1. The first kappa shape index (κ1) is 19.3. The van der Waals surface area contributed by atoms with Gasteiger partial charge in [-0.15, -0.1) is 0 Å². The van der Waals surface area contributed by atoms with Crippen molar-refractivity contribution in [1.29, 1.82) is 0 Å². The summed E-state index contributed by atoms with van der Waals surface area (Å²) in [7, 11) is -3.42. The van der Waals surface area contributed by atoms with Gasteiger partial charge in [0.25, 0.3) is 0 Å². The van der Waals surface area contributed by atoms with Crippen LogP contribution in [0, 0.1) is 13.8 Å². The molecule has 0 fully saturated rings. The van der Waals surface area contributed by atoms with Crippen LogP contribution in [0.25, 0.3) is 0 Å². The monoisotopic (exact) mass is 362 g/mol. The van der Waals surface area contributed by atoms with Gasteiger partial charge in [-0.05, 0) is 44.0 Å². The standard InChI is InChI=1S/C18H26N4O2S/c1-6-22(7-2)25(23,24)17-10-8-16(9-11-17)15(5)21-18-19-12-13(3)14(4)20-18/h8-12,15H,6-7H2,1-5H3,(H,19,20,21)/t15-/m0/s1. The van der Waals surface area contributed by atoms with E-state index in [1.807, 2.05) is 46.8 Å². The van der Waals surface area contributed by atoms with Crippen LogP contribution in [0.1, 0.15) is 43.6 Å². The van der Waals surface area contributed by atoms with Crippen LogP contribution in [0.4, 0.5) is 5.95 Å². The normalized spacial score (nSPS) is 13.0. The van der Waals surface area contributed by atoms with E-state index in [2.05, 4.69) is 15.3 Å². The average Bonchev–Trinajstić information content (AvgIpc) is 2.59. The van der Waals surface area contributed by atoms with E-state index in [0.717, 1.165) is 16.8 Å². The summed E-state index contributed by atoms with van der Waals surface area (Å²) in [6.45, 7) is 10.5. The van der Waals surface area contributed by atoms with Crippen molar-refractivity contribution < 1.29 is 8.42 Å². The fourth-order valence-electron chi connectivity index (χ4n) is 2.51. The van der Waals surface area contributed by atoms with Crippen molar-refractivity contribution in [2.24, 2.45) is 0 Å². The lowest BCUT2D eigenvalue weighted by Gasteiger charge is -2.19. The summed E-state index contributed by atoms with van der Waals surface area (Å²) in [5.74, 6) is 0.565. The Morgan fingerprint density at radius 3 is 2.24 bits per heavy atom. The summed E-state index contributed by atoms with van der Waals surface area (Å²) < 4.78 is 26.5. The number of nitrogens with zero attached hydrogens (tertiary/aromatic N) is 3. The molecule has 6 nitrogen and oxygen atoms in total. The van der Waals surface area contributed by atoms with Crippen molar-refractivity contribution in [2.45, 2.75) is 45.6 Å². The third-order valence-electron chi connectivity index (χ3n) is 4.29. The van der Waals surface area contributed by atoms with Crippen LogP contribution in [0.15, 0.2) is 35.4 Å². The number of hydrogen-bond acceptors (Lipinski definition) is 5. The van der Waals surface area contributed by atoms with Crippen LogP contribution in [0.5, 0.6) is 0 Å². The molecule has 0 aliphatic carbocycles. The molecule has 0 bridgehead atoms. The molecule has 25 heavy (non-hydrogen) atoms. The molecule has 1 N–H and O–H groups in total. The molecule has 0 saturated carbocycles. The minimum absolute atomic E-state index is 0.0349. The Kier molecular flexibility index (Phi) is 6.13. The molecule has 2 aromatic rings. The van der Waals surface area contributed by atoms with E-state index in [4.69, 9.17) is 0 Å². The zero-order valence-electron chi connectivity index (χ0n) is 15.4. The Morgan fingerprint density at radius 2 is 1.72 bits per heavy atom. The zero-order valence-corrected chi connectivity index (χ0v) is 16.3. The third kappa shape index (κ3) is 4.35. The first-order valence-electron chi connectivity index (χ1n) is 8.46. The maximum absolute atomic E-state index is 12.5.